The summed E-state index contributed by atoms with van der Waals surface area (Å²) < 4.78 is 13.1. The number of nitrogens with zero attached hydrogens (tertiary/aromatic N) is 2. The molecule has 1 fully saturated rings. The van der Waals surface area contributed by atoms with Crippen molar-refractivity contribution in [1.82, 2.24) is 20.1 Å². The molecule has 1 saturated heterocycles. The predicted octanol–water partition coefficient (Wildman–Crippen LogP) is 2.91. The number of fused-ring (bicyclic) bond motifs is 3. The maximum absolute atomic E-state index is 13.1. The van der Waals surface area contributed by atoms with Crippen molar-refractivity contribution in [2.45, 2.75) is 19.5 Å². The summed E-state index contributed by atoms with van der Waals surface area (Å²) in [6.07, 6.45) is 0.995. The average molecular weight is 392 g/mol. The largest absolute Gasteiger partial charge is 0.357 e. The molecule has 1 amide bonds. The fraction of sp³-hybridized carbons (Fsp3) is 0.348. The van der Waals surface area contributed by atoms with Crippen molar-refractivity contribution < 1.29 is 9.18 Å². The summed E-state index contributed by atoms with van der Waals surface area (Å²) in [4.78, 5) is 20.8. The number of hydrogen-bond donors (Lipinski definition) is 2. The van der Waals surface area contributed by atoms with Crippen LogP contribution in [-0.4, -0.2) is 53.4 Å². The third kappa shape index (κ3) is 3.66. The molecule has 0 bridgehead atoms. The summed E-state index contributed by atoms with van der Waals surface area (Å²) in [5, 5.41) is 4.57. The number of H-pyrrole nitrogens is 1. The van der Waals surface area contributed by atoms with Gasteiger partial charge in [0.15, 0.2) is 0 Å². The molecule has 0 unspecified atom stereocenters. The summed E-state index contributed by atoms with van der Waals surface area (Å²) in [6, 6.07) is 12.7. The van der Waals surface area contributed by atoms with Gasteiger partial charge in [-0.3, -0.25) is 9.69 Å². The van der Waals surface area contributed by atoms with Crippen molar-refractivity contribution in [3.05, 3.63) is 70.7 Å². The SMILES string of the molecule is O=C(c1ccc2[nH]c3c(c2c1)CCNC3)N1CCN(Cc2ccc(F)cc2)CC1. The molecule has 150 valence electrons. The summed E-state index contributed by atoms with van der Waals surface area (Å²) in [5.41, 5.74) is 5.57. The minimum atomic E-state index is -0.207. The molecule has 1 aromatic heterocycles. The van der Waals surface area contributed by atoms with Gasteiger partial charge in [0, 0.05) is 61.4 Å². The molecule has 29 heavy (non-hydrogen) atoms. The highest BCUT2D eigenvalue weighted by atomic mass is 19.1. The molecule has 2 aromatic carbocycles. The molecule has 5 nitrogen and oxygen atoms in total. The number of halogens is 1. The summed E-state index contributed by atoms with van der Waals surface area (Å²) in [5.74, 6) is -0.0988. The fourth-order valence-electron chi connectivity index (χ4n) is 4.44. The zero-order chi connectivity index (χ0) is 19.8. The van der Waals surface area contributed by atoms with Crippen LogP contribution in [0.15, 0.2) is 42.5 Å². The molecule has 2 N–H and O–H groups in total. The second-order valence-corrected chi connectivity index (χ2v) is 7.96. The van der Waals surface area contributed by atoms with Crippen LogP contribution in [0.1, 0.15) is 27.2 Å². The Morgan fingerprint density at radius 3 is 2.62 bits per heavy atom. The van der Waals surface area contributed by atoms with E-state index < -0.39 is 0 Å². The van der Waals surface area contributed by atoms with E-state index in [0.29, 0.717) is 13.1 Å². The number of aromatic amines is 1. The van der Waals surface area contributed by atoms with Crippen molar-refractivity contribution in [2.24, 2.45) is 0 Å². The molecule has 0 saturated carbocycles. The van der Waals surface area contributed by atoms with E-state index in [2.05, 4.69) is 21.3 Å². The van der Waals surface area contributed by atoms with Gasteiger partial charge < -0.3 is 15.2 Å². The Morgan fingerprint density at radius 2 is 1.83 bits per heavy atom. The van der Waals surface area contributed by atoms with Gasteiger partial charge in [-0.15, -0.1) is 0 Å². The number of aromatic nitrogens is 1. The number of benzene rings is 2. The molecule has 0 spiro atoms. The first-order chi connectivity index (χ1) is 14.2. The molecular weight excluding hydrogens is 367 g/mol. The van der Waals surface area contributed by atoms with Gasteiger partial charge in [0.1, 0.15) is 5.82 Å². The molecule has 3 aromatic rings. The van der Waals surface area contributed by atoms with E-state index in [1.807, 2.05) is 29.2 Å². The third-order valence-corrected chi connectivity index (χ3v) is 6.07. The monoisotopic (exact) mass is 392 g/mol. The number of piperazine rings is 1. The zero-order valence-electron chi connectivity index (χ0n) is 16.4. The molecule has 0 aliphatic carbocycles. The van der Waals surface area contributed by atoms with E-state index in [-0.39, 0.29) is 11.7 Å². The van der Waals surface area contributed by atoms with Crippen LogP contribution in [0.5, 0.6) is 0 Å². The fourth-order valence-corrected chi connectivity index (χ4v) is 4.44. The molecule has 6 heteroatoms. The number of amides is 1. The maximum atomic E-state index is 13.1. The predicted molar refractivity (Wildman–Crippen MR) is 111 cm³/mol. The quantitative estimate of drug-likeness (QED) is 0.721. The first-order valence-corrected chi connectivity index (χ1v) is 10.3. The zero-order valence-corrected chi connectivity index (χ0v) is 16.4. The van der Waals surface area contributed by atoms with E-state index in [1.54, 1.807) is 0 Å². The lowest BCUT2D eigenvalue weighted by Gasteiger charge is -2.34. The van der Waals surface area contributed by atoms with Gasteiger partial charge in [0.25, 0.3) is 5.91 Å². The van der Waals surface area contributed by atoms with Gasteiger partial charge in [-0.2, -0.15) is 0 Å². The Bertz CT molecular complexity index is 1030. The summed E-state index contributed by atoms with van der Waals surface area (Å²) in [7, 11) is 0. The highest BCUT2D eigenvalue weighted by molar-refractivity contribution is 5.99. The van der Waals surface area contributed by atoms with Gasteiger partial charge in [-0.05, 0) is 54.4 Å². The lowest BCUT2D eigenvalue weighted by molar-refractivity contribution is 0.0628. The molecule has 2 aliphatic heterocycles. The number of carbonyl (C=O) groups excluding carboxylic acids is 1. The number of carbonyl (C=O) groups is 1. The topological polar surface area (TPSA) is 51.4 Å². The molecule has 0 atom stereocenters. The third-order valence-electron chi connectivity index (χ3n) is 6.07. The van der Waals surface area contributed by atoms with E-state index in [0.717, 1.165) is 55.8 Å². The van der Waals surface area contributed by atoms with Crippen molar-refractivity contribution in [3.8, 4) is 0 Å². The van der Waals surface area contributed by atoms with Crippen LogP contribution in [-0.2, 0) is 19.5 Å². The van der Waals surface area contributed by atoms with Crippen molar-refractivity contribution in [1.29, 1.82) is 0 Å². The van der Waals surface area contributed by atoms with Crippen LogP contribution in [0.25, 0.3) is 10.9 Å². The smallest absolute Gasteiger partial charge is 0.253 e. The van der Waals surface area contributed by atoms with Crippen LogP contribution < -0.4 is 5.32 Å². The standard InChI is InChI=1S/C23H25FN4O/c24-18-4-1-16(2-5-18)15-27-9-11-28(12-10-27)23(29)17-3-6-21-20(13-17)19-7-8-25-14-22(19)26-21/h1-6,13,25-26H,7-12,14-15H2. The Balaban J connectivity index is 1.26. The minimum Gasteiger partial charge on any atom is -0.357 e. The number of hydrogen-bond acceptors (Lipinski definition) is 3. The second-order valence-electron chi connectivity index (χ2n) is 7.96. The van der Waals surface area contributed by atoms with E-state index in [9.17, 15) is 9.18 Å². The van der Waals surface area contributed by atoms with Crippen LogP contribution >= 0.6 is 0 Å². The lowest BCUT2D eigenvalue weighted by atomic mass is 10.0. The van der Waals surface area contributed by atoms with Crippen LogP contribution in [0.4, 0.5) is 4.39 Å². The Labute approximate surface area is 169 Å². The molecule has 0 radical (unpaired) electrons. The average Bonchev–Trinajstić information content (AvgIpc) is 3.13. The van der Waals surface area contributed by atoms with Crippen LogP contribution in [0.3, 0.4) is 0 Å². The first-order valence-electron chi connectivity index (χ1n) is 10.3. The van der Waals surface area contributed by atoms with E-state index in [1.165, 1.54) is 28.8 Å². The second kappa shape index (κ2) is 7.61. The highest BCUT2D eigenvalue weighted by Crippen LogP contribution is 2.26. The molecule has 3 heterocycles. The Hall–Kier alpha value is -2.70. The van der Waals surface area contributed by atoms with Crippen LogP contribution in [0.2, 0.25) is 0 Å². The normalized spacial score (nSPS) is 17.5. The van der Waals surface area contributed by atoms with Gasteiger partial charge in [0.2, 0.25) is 0 Å². The van der Waals surface area contributed by atoms with E-state index in [4.69, 9.17) is 0 Å². The Kier molecular flexibility index (Phi) is 4.81. The van der Waals surface area contributed by atoms with Gasteiger partial charge in [0.05, 0.1) is 0 Å². The minimum absolute atomic E-state index is 0.109. The molecule has 2 aliphatic rings. The summed E-state index contributed by atoms with van der Waals surface area (Å²) in [6.45, 7) is 5.73. The first kappa shape index (κ1) is 18.3. The number of rotatable bonds is 3. The number of nitrogens with one attached hydrogen (secondary N) is 2. The summed E-state index contributed by atoms with van der Waals surface area (Å²) >= 11 is 0. The highest BCUT2D eigenvalue weighted by Gasteiger charge is 2.23. The van der Waals surface area contributed by atoms with E-state index >= 15 is 0 Å². The molecular formula is C23H25FN4O. The maximum Gasteiger partial charge on any atom is 0.253 e. The van der Waals surface area contributed by atoms with Gasteiger partial charge in [-0.1, -0.05) is 12.1 Å². The molecule has 5 rings (SSSR count). The van der Waals surface area contributed by atoms with Crippen molar-refractivity contribution >= 4 is 16.8 Å². The van der Waals surface area contributed by atoms with Gasteiger partial charge in [-0.25, -0.2) is 4.39 Å². The van der Waals surface area contributed by atoms with Crippen molar-refractivity contribution in [3.63, 3.8) is 0 Å². The van der Waals surface area contributed by atoms with Crippen molar-refractivity contribution in [2.75, 3.05) is 32.7 Å². The lowest BCUT2D eigenvalue weighted by Crippen LogP contribution is -2.48. The van der Waals surface area contributed by atoms with Crippen LogP contribution in [0, 0.1) is 5.82 Å². The Morgan fingerprint density at radius 1 is 1.03 bits per heavy atom. The van der Waals surface area contributed by atoms with Gasteiger partial charge >= 0.3 is 0 Å².